The van der Waals surface area contributed by atoms with Crippen LogP contribution in [0.5, 0.6) is 17.2 Å². The summed E-state index contributed by atoms with van der Waals surface area (Å²) in [6, 6.07) is 29.8. The van der Waals surface area contributed by atoms with Crippen molar-refractivity contribution in [2.75, 3.05) is 27.1 Å². The highest BCUT2D eigenvalue weighted by Crippen LogP contribution is 2.42. The number of ether oxygens (including phenoxy) is 3. The van der Waals surface area contributed by atoms with E-state index in [1.54, 1.807) is 27.4 Å². The minimum atomic E-state index is -0.436. The summed E-state index contributed by atoms with van der Waals surface area (Å²) in [4.78, 5) is 27.0. The number of hydrogen-bond donors (Lipinski definition) is 1. The molecule has 0 saturated heterocycles. The first kappa shape index (κ1) is 33.3. The lowest BCUT2D eigenvalue weighted by atomic mass is 9.97. The molecule has 0 bridgehead atoms. The number of amides is 2. The van der Waals surface area contributed by atoms with Crippen LogP contribution in [0.4, 0.5) is 0 Å². The molecule has 0 spiro atoms. The van der Waals surface area contributed by atoms with Crippen LogP contribution < -0.4 is 19.5 Å². The predicted molar refractivity (Wildman–Crippen MR) is 188 cm³/mol. The monoisotopic (exact) mass is 676 g/mol. The van der Waals surface area contributed by atoms with Gasteiger partial charge < -0.3 is 19.5 Å². The SMILES string of the molecule is COc1ccc(C2=NN(C(=O)CSc3nnc(CNC(=O)c4cccc(C)c4)n3-c3ccccc3)[C@H](c3cccc(OC)c3OC)C2)cc1. The van der Waals surface area contributed by atoms with Gasteiger partial charge in [0.2, 0.25) is 0 Å². The number of benzene rings is 4. The van der Waals surface area contributed by atoms with E-state index >= 15 is 0 Å². The van der Waals surface area contributed by atoms with Crippen molar-refractivity contribution in [1.82, 2.24) is 25.1 Å². The maximum absolute atomic E-state index is 14.1. The van der Waals surface area contributed by atoms with Crippen LogP contribution >= 0.6 is 11.8 Å². The molecule has 1 aromatic heterocycles. The summed E-state index contributed by atoms with van der Waals surface area (Å²) in [5.41, 5.74) is 4.79. The molecule has 1 aliphatic heterocycles. The number of carbonyl (C=O) groups is 2. The molecule has 0 radical (unpaired) electrons. The highest BCUT2D eigenvalue weighted by molar-refractivity contribution is 7.99. The molecule has 0 unspecified atom stereocenters. The van der Waals surface area contributed by atoms with Gasteiger partial charge in [-0.05, 0) is 67.1 Å². The average molecular weight is 677 g/mol. The Labute approximate surface area is 288 Å². The van der Waals surface area contributed by atoms with E-state index in [4.69, 9.17) is 19.3 Å². The number of para-hydroxylation sites is 2. The normalized spacial score (nSPS) is 13.9. The van der Waals surface area contributed by atoms with Crippen LogP contribution in [0.1, 0.15) is 45.3 Å². The first-order valence-electron chi connectivity index (χ1n) is 15.6. The van der Waals surface area contributed by atoms with Gasteiger partial charge in [0.15, 0.2) is 22.5 Å². The lowest BCUT2D eigenvalue weighted by molar-refractivity contribution is -0.130. The van der Waals surface area contributed by atoms with E-state index in [-0.39, 0.29) is 24.1 Å². The molecule has 2 heterocycles. The summed E-state index contributed by atoms with van der Waals surface area (Å²) in [5, 5.41) is 18.7. The van der Waals surface area contributed by atoms with Crippen LogP contribution in [0.25, 0.3) is 5.69 Å². The third kappa shape index (κ3) is 7.29. The van der Waals surface area contributed by atoms with Crippen molar-refractivity contribution in [3.05, 3.63) is 125 Å². The highest BCUT2D eigenvalue weighted by atomic mass is 32.2. The Morgan fingerprint density at radius 3 is 2.37 bits per heavy atom. The first-order valence-corrected chi connectivity index (χ1v) is 16.6. The Morgan fingerprint density at radius 2 is 1.65 bits per heavy atom. The molecule has 1 N–H and O–H groups in total. The Hall–Kier alpha value is -5.62. The van der Waals surface area contributed by atoms with Crippen LogP contribution in [-0.2, 0) is 11.3 Å². The predicted octanol–water partition coefficient (Wildman–Crippen LogP) is 6.00. The molecule has 0 aliphatic carbocycles. The van der Waals surface area contributed by atoms with Gasteiger partial charge in [0.05, 0.1) is 45.4 Å². The molecule has 1 atom stereocenters. The number of nitrogens with one attached hydrogen (secondary N) is 1. The summed E-state index contributed by atoms with van der Waals surface area (Å²) in [5.74, 6) is 1.97. The number of aryl methyl sites for hydroxylation is 1. The molecule has 1 aliphatic rings. The van der Waals surface area contributed by atoms with Gasteiger partial charge in [-0.2, -0.15) is 5.10 Å². The van der Waals surface area contributed by atoms with Gasteiger partial charge in [0.25, 0.3) is 11.8 Å². The molecule has 11 nitrogen and oxygen atoms in total. The van der Waals surface area contributed by atoms with Crippen molar-refractivity contribution < 1.29 is 23.8 Å². The van der Waals surface area contributed by atoms with Crippen LogP contribution in [0, 0.1) is 6.92 Å². The fourth-order valence-corrected chi connectivity index (χ4v) is 6.52. The van der Waals surface area contributed by atoms with Crippen molar-refractivity contribution in [3.8, 4) is 22.9 Å². The zero-order chi connectivity index (χ0) is 34.3. The fraction of sp³-hybridized carbons (Fsp3) is 0.216. The van der Waals surface area contributed by atoms with E-state index in [9.17, 15) is 9.59 Å². The van der Waals surface area contributed by atoms with Crippen LogP contribution in [0.3, 0.4) is 0 Å². The molecule has 250 valence electrons. The Balaban J connectivity index is 1.27. The van der Waals surface area contributed by atoms with Crippen molar-refractivity contribution in [3.63, 3.8) is 0 Å². The van der Waals surface area contributed by atoms with E-state index in [1.807, 2.05) is 102 Å². The molecule has 49 heavy (non-hydrogen) atoms. The third-order valence-electron chi connectivity index (χ3n) is 8.11. The van der Waals surface area contributed by atoms with Gasteiger partial charge in [0.1, 0.15) is 5.75 Å². The zero-order valence-electron chi connectivity index (χ0n) is 27.6. The van der Waals surface area contributed by atoms with Gasteiger partial charge in [-0.3, -0.25) is 14.2 Å². The average Bonchev–Trinajstić information content (AvgIpc) is 3.78. The molecular weight excluding hydrogens is 641 g/mol. The van der Waals surface area contributed by atoms with Gasteiger partial charge in [-0.25, -0.2) is 5.01 Å². The maximum Gasteiger partial charge on any atom is 0.253 e. The second-order valence-corrected chi connectivity index (χ2v) is 12.2. The van der Waals surface area contributed by atoms with E-state index in [2.05, 4.69) is 15.5 Å². The molecule has 4 aromatic carbocycles. The van der Waals surface area contributed by atoms with Crippen molar-refractivity contribution >= 4 is 29.3 Å². The van der Waals surface area contributed by atoms with E-state index < -0.39 is 6.04 Å². The molecule has 6 rings (SSSR count). The van der Waals surface area contributed by atoms with E-state index in [1.165, 1.54) is 16.8 Å². The lowest BCUT2D eigenvalue weighted by Gasteiger charge is -2.24. The molecular formula is C37H36N6O5S. The number of hydrogen-bond acceptors (Lipinski definition) is 9. The standard InChI is InChI=1S/C37H36N6O5S/c1-24-10-8-11-26(20-24)36(45)38-22-33-39-40-37(42(33)27-12-6-5-7-13-27)49-23-34(44)43-31(29-14-9-15-32(47-3)35(29)48-4)21-30(41-43)25-16-18-28(46-2)19-17-25/h5-20,31H,21-23H2,1-4H3,(H,38,45)/t31-/m0/s1. The second-order valence-electron chi connectivity index (χ2n) is 11.2. The Kier molecular flexibility index (Phi) is 10.2. The van der Waals surface area contributed by atoms with Gasteiger partial charge >= 0.3 is 0 Å². The maximum atomic E-state index is 14.1. The number of aromatic nitrogens is 3. The number of rotatable bonds is 12. The van der Waals surface area contributed by atoms with Crippen molar-refractivity contribution in [2.45, 2.75) is 31.1 Å². The van der Waals surface area contributed by atoms with Crippen molar-refractivity contribution in [1.29, 1.82) is 0 Å². The third-order valence-corrected chi connectivity index (χ3v) is 9.02. The van der Waals surface area contributed by atoms with Gasteiger partial charge in [-0.1, -0.05) is 59.8 Å². The van der Waals surface area contributed by atoms with Crippen LogP contribution in [0.2, 0.25) is 0 Å². The largest absolute Gasteiger partial charge is 0.497 e. The molecule has 0 fully saturated rings. The van der Waals surface area contributed by atoms with E-state index in [0.717, 1.165) is 33.8 Å². The lowest BCUT2D eigenvalue weighted by Crippen LogP contribution is -2.29. The molecule has 0 saturated carbocycles. The topological polar surface area (TPSA) is 120 Å². The van der Waals surface area contributed by atoms with Crippen LogP contribution in [-0.4, -0.2) is 64.4 Å². The number of methoxy groups -OCH3 is 3. The summed E-state index contributed by atoms with van der Waals surface area (Å²) in [7, 11) is 4.79. The number of thioether (sulfide) groups is 1. The number of carbonyl (C=O) groups excluding carboxylic acids is 2. The molecule has 2 amide bonds. The first-order chi connectivity index (χ1) is 23.9. The quantitative estimate of drug-likeness (QED) is 0.160. The minimum absolute atomic E-state index is 0.0306. The Morgan fingerprint density at radius 1 is 0.878 bits per heavy atom. The molecule has 12 heteroatoms. The fourth-order valence-electron chi connectivity index (χ4n) is 5.70. The van der Waals surface area contributed by atoms with Gasteiger partial charge in [0, 0.05) is 23.2 Å². The van der Waals surface area contributed by atoms with Gasteiger partial charge in [-0.15, -0.1) is 10.2 Å². The van der Waals surface area contributed by atoms with Crippen LogP contribution in [0.15, 0.2) is 107 Å². The summed E-state index contributed by atoms with van der Waals surface area (Å²) < 4.78 is 18.5. The Bertz CT molecular complexity index is 1980. The van der Waals surface area contributed by atoms with Crippen molar-refractivity contribution in [2.24, 2.45) is 5.10 Å². The minimum Gasteiger partial charge on any atom is -0.497 e. The van der Waals surface area contributed by atoms with E-state index in [0.29, 0.717) is 34.5 Å². The zero-order valence-corrected chi connectivity index (χ0v) is 28.4. The highest BCUT2D eigenvalue weighted by Gasteiger charge is 2.36. The summed E-state index contributed by atoms with van der Waals surface area (Å²) >= 11 is 1.25. The number of nitrogens with zero attached hydrogens (tertiary/aromatic N) is 5. The summed E-state index contributed by atoms with van der Waals surface area (Å²) in [6.45, 7) is 2.08. The summed E-state index contributed by atoms with van der Waals surface area (Å²) in [6.07, 6.45) is 0.469. The second kappa shape index (κ2) is 15.1. The number of hydrazone groups is 1. The smallest absolute Gasteiger partial charge is 0.253 e. The molecule has 5 aromatic rings.